The van der Waals surface area contributed by atoms with E-state index in [2.05, 4.69) is 31.7 Å². The SMILES string of the molecule is CCCCN(CC1CC1C1CC=C(C)CC1C)C(C)=O. The van der Waals surface area contributed by atoms with Gasteiger partial charge in [-0.05, 0) is 56.3 Å². The lowest BCUT2D eigenvalue weighted by molar-refractivity contribution is -0.129. The van der Waals surface area contributed by atoms with Gasteiger partial charge >= 0.3 is 0 Å². The monoisotopic (exact) mass is 277 g/mol. The molecule has 0 aromatic rings. The minimum atomic E-state index is 0.261. The highest BCUT2D eigenvalue weighted by Gasteiger charge is 2.45. The molecule has 2 aliphatic rings. The molecule has 1 amide bonds. The third-order valence-corrected chi connectivity index (χ3v) is 5.32. The van der Waals surface area contributed by atoms with Gasteiger partial charge in [-0.25, -0.2) is 0 Å². The van der Waals surface area contributed by atoms with Crippen LogP contribution in [0.1, 0.15) is 59.8 Å². The molecule has 2 heteroatoms. The van der Waals surface area contributed by atoms with E-state index in [0.29, 0.717) is 0 Å². The van der Waals surface area contributed by atoms with Crippen LogP contribution in [-0.4, -0.2) is 23.9 Å². The first-order valence-electron chi connectivity index (χ1n) is 8.44. The standard InChI is InChI=1S/C18H31NO/c1-5-6-9-19(15(4)20)12-16-11-18(16)17-8-7-13(2)10-14(17)3/h7,14,16-18H,5-6,8-12H2,1-4H3. The second-order valence-corrected chi connectivity index (χ2v) is 7.11. The number of allylic oxidation sites excluding steroid dienone is 2. The van der Waals surface area contributed by atoms with Crippen molar-refractivity contribution in [3.8, 4) is 0 Å². The van der Waals surface area contributed by atoms with Crippen molar-refractivity contribution in [2.45, 2.75) is 59.8 Å². The summed E-state index contributed by atoms with van der Waals surface area (Å²) in [5.41, 5.74) is 1.57. The van der Waals surface area contributed by atoms with E-state index in [4.69, 9.17) is 0 Å². The van der Waals surface area contributed by atoms with E-state index in [1.165, 1.54) is 25.7 Å². The lowest BCUT2D eigenvalue weighted by atomic mass is 9.78. The lowest BCUT2D eigenvalue weighted by Gasteiger charge is -2.29. The fourth-order valence-corrected chi connectivity index (χ4v) is 3.92. The average molecular weight is 277 g/mol. The Bertz CT molecular complexity index is 374. The van der Waals surface area contributed by atoms with E-state index in [1.807, 2.05) is 0 Å². The van der Waals surface area contributed by atoms with Gasteiger partial charge in [0.25, 0.3) is 0 Å². The maximum Gasteiger partial charge on any atom is 0.219 e. The van der Waals surface area contributed by atoms with Crippen LogP contribution >= 0.6 is 0 Å². The van der Waals surface area contributed by atoms with Crippen LogP contribution in [0.3, 0.4) is 0 Å². The fourth-order valence-electron chi connectivity index (χ4n) is 3.92. The zero-order valence-electron chi connectivity index (χ0n) is 13.7. The van der Waals surface area contributed by atoms with Gasteiger partial charge in [-0.2, -0.15) is 0 Å². The van der Waals surface area contributed by atoms with Gasteiger partial charge in [-0.1, -0.05) is 31.9 Å². The largest absolute Gasteiger partial charge is 0.343 e. The molecule has 0 bridgehead atoms. The summed E-state index contributed by atoms with van der Waals surface area (Å²) in [6.45, 7) is 10.6. The summed E-state index contributed by atoms with van der Waals surface area (Å²) >= 11 is 0. The number of hydrogen-bond donors (Lipinski definition) is 0. The molecule has 0 heterocycles. The minimum Gasteiger partial charge on any atom is -0.343 e. The molecule has 20 heavy (non-hydrogen) atoms. The number of unbranched alkanes of at least 4 members (excludes halogenated alkanes) is 1. The maximum atomic E-state index is 11.7. The summed E-state index contributed by atoms with van der Waals surface area (Å²) in [6, 6.07) is 0. The molecule has 1 saturated carbocycles. The Hall–Kier alpha value is -0.790. The maximum absolute atomic E-state index is 11.7. The van der Waals surface area contributed by atoms with Crippen molar-refractivity contribution < 1.29 is 4.79 Å². The van der Waals surface area contributed by atoms with Crippen molar-refractivity contribution in [2.75, 3.05) is 13.1 Å². The van der Waals surface area contributed by atoms with Crippen molar-refractivity contribution in [1.82, 2.24) is 4.90 Å². The number of carbonyl (C=O) groups excluding carboxylic acids is 1. The summed E-state index contributed by atoms with van der Waals surface area (Å²) < 4.78 is 0. The molecule has 2 aliphatic carbocycles. The van der Waals surface area contributed by atoms with Crippen molar-refractivity contribution in [2.24, 2.45) is 23.7 Å². The van der Waals surface area contributed by atoms with Gasteiger partial charge in [0.15, 0.2) is 0 Å². The summed E-state index contributed by atoms with van der Waals surface area (Å²) in [4.78, 5) is 13.8. The second-order valence-electron chi connectivity index (χ2n) is 7.11. The Kier molecular flexibility index (Phi) is 5.29. The lowest BCUT2D eigenvalue weighted by Crippen LogP contribution is -2.32. The second kappa shape index (κ2) is 6.78. The van der Waals surface area contributed by atoms with Crippen LogP contribution in [0.4, 0.5) is 0 Å². The van der Waals surface area contributed by atoms with Gasteiger partial charge in [0.1, 0.15) is 0 Å². The van der Waals surface area contributed by atoms with Gasteiger partial charge in [0, 0.05) is 20.0 Å². The van der Waals surface area contributed by atoms with Crippen LogP contribution < -0.4 is 0 Å². The Labute approximate surface area is 124 Å². The molecule has 2 nitrogen and oxygen atoms in total. The number of hydrogen-bond acceptors (Lipinski definition) is 1. The van der Waals surface area contributed by atoms with Gasteiger partial charge in [-0.3, -0.25) is 4.79 Å². The third kappa shape index (κ3) is 3.86. The number of rotatable bonds is 6. The molecule has 4 unspecified atom stereocenters. The Balaban J connectivity index is 1.83. The molecular weight excluding hydrogens is 246 g/mol. The van der Waals surface area contributed by atoms with Crippen LogP contribution in [0.25, 0.3) is 0 Å². The molecule has 0 N–H and O–H groups in total. The smallest absolute Gasteiger partial charge is 0.219 e. The molecule has 0 spiro atoms. The Morgan fingerprint density at radius 1 is 1.40 bits per heavy atom. The van der Waals surface area contributed by atoms with Crippen molar-refractivity contribution >= 4 is 5.91 Å². The molecule has 0 radical (unpaired) electrons. The molecule has 0 saturated heterocycles. The molecule has 1 fully saturated rings. The highest BCUT2D eigenvalue weighted by molar-refractivity contribution is 5.73. The van der Waals surface area contributed by atoms with Crippen molar-refractivity contribution in [3.05, 3.63) is 11.6 Å². The minimum absolute atomic E-state index is 0.261. The molecule has 0 aromatic heterocycles. The van der Waals surface area contributed by atoms with E-state index < -0.39 is 0 Å². The van der Waals surface area contributed by atoms with Gasteiger partial charge in [0.05, 0.1) is 0 Å². The van der Waals surface area contributed by atoms with Crippen LogP contribution in [0.15, 0.2) is 11.6 Å². The zero-order valence-corrected chi connectivity index (χ0v) is 13.7. The quantitative estimate of drug-likeness (QED) is 0.664. The average Bonchev–Trinajstić information content (AvgIpc) is 3.13. The van der Waals surface area contributed by atoms with Crippen molar-refractivity contribution in [3.63, 3.8) is 0 Å². The van der Waals surface area contributed by atoms with E-state index in [9.17, 15) is 4.79 Å². The molecular formula is C18H31NO. The first kappa shape index (κ1) is 15.6. The molecule has 4 atom stereocenters. The normalized spacial score (nSPS) is 32.7. The summed E-state index contributed by atoms with van der Waals surface area (Å²) in [7, 11) is 0. The van der Waals surface area contributed by atoms with E-state index in [0.717, 1.165) is 43.2 Å². The Morgan fingerprint density at radius 2 is 2.15 bits per heavy atom. The number of carbonyl (C=O) groups is 1. The fraction of sp³-hybridized carbons (Fsp3) is 0.833. The van der Waals surface area contributed by atoms with Gasteiger partial charge < -0.3 is 4.90 Å². The predicted octanol–water partition coefficient (Wildman–Crippen LogP) is 4.26. The number of amides is 1. The molecule has 2 rings (SSSR count). The molecule has 0 aromatic carbocycles. The Morgan fingerprint density at radius 3 is 2.75 bits per heavy atom. The zero-order chi connectivity index (χ0) is 14.7. The van der Waals surface area contributed by atoms with Gasteiger partial charge in [0.2, 0.25) is 5.91 Å². The van der Waals surface area contributed by atoms with Gasteiger partial charge in [-0.15, -0.1) is 0 Å². The van der Waals surface area contributed by atoms with Crippen LogP contribution in [-0.2, 0) is 4.79 Å². The number of nitrogens with zero attached hydrogens (tertiary/aromatic N) is 1. The summed E-state index contributed by atoms with van der Waals surface area (Å²) in [6.07, 6.45) is 8.64. The van der Waals surface area contributed by atoms with Crippen LogP contribution in [0, 0.1) is 23.7 Å². The van der Waals surface area contributed by atoms with E-state index in [1.54, 1.807) is 12.5 Å². The molecule has 0 aliphatic heterocycles. The summed E-state index contributed by atoms with van der Waals surface area (Å²) in [5, 5.41) is 0. The predicted molar refractivity (Wildman–Crippen MR) is 84.4 cm³/mol. The topological polar surface area (TPSA) is 20.3 Å². The highest BCUT2D eigenvalue weighted by atomic mass is 16.2. The van der Waals surface area contributed by atoms with Crippen LogP contribution in [0.5, 0.6) is 0 Å². The third-order valence-electron chi connectivity index (χ3n) is 5.32. The van der Waals surface area contributed by atoms with E-state index >= 15 is 0 Å². The van der Waals surface area contributed by atoms with Crippen molar-refractivity contribution in [1.29, 1.82) is 0 Å². The molecule has 114 valence electrons. The van der Waals surface area contributed by atoms with E-state index in [-0.39, 0.29) is 5.91 Å². The van der Waals surface area contributed by atoms with Crippen LogP contribution in [0.2, 0.25) is 0 Å². The summed E-state index contributed by atoms with van der Waals surface area (Å²) in [5.74, 6) is 3.60. The first-order valence-corrected chi connectivity index (χ1v) is 8.44. The first-order chi connectivity index (χ1) is 9.52. The highest BCUT2D eigenvalue weighted by Crippen LogP contribution is 2.51.